The van der Waals surface area contributed by atoms with Crippen LogP contribution in [-0.2, 0) is 7.05 Å². The van der Waals surface area contributed by atoms with Crippen molar-refractivity contribution in [1.29, 1.82) is 0 Å². The summed E-state index contributed by atoms with van der Waals surface area (Å²) >= 11 is 0. The summed E-state index contributed by atoms with van der Waals surface area (Å²) in [7, 11) is 3.23. The number of fused-ring (bicyclic) bond motifs is 1. The lowest BCUT2D eigenvalue weighted by atomic mass is 10.1. The first-order chi connectivity index (χ1) is 14.4. The molecular formula is C25H35NO4. The average Bonchev–Trinajstić information content (AvgIpc) is 2.71. The van der Waals surface area contributed by atoms with Gasteiger partial charge < -0.3 is 18.8 Å². The molecule has 1 aromatic heterocycles. The van der Waals surface area contributed by atoms with Gasteiger partial charge >= 0.3 is 0 Å². The molecule has 0 N–H and O–H groups in total. The third-order valence-electron chi connectivity index (χ3n) is 5.00. The highest BCUT2D eigenvalue weighted by molar-refractivity contribution is 5.89. The van der Waals surface area contributed by atoms with Crippen LogP contribution in [0.2, 0.25) is 0 Å². The summed E-state index contributed by atoms with van der Waals surface area (Å²) in [4.78, 5) is 12.8. The molecule has 0 bridgehead atoms. The minimum atomic E-state index is -0.227. The number of unbranched alkanes of at least 4 members (excludes halogenated alkanes) is 1. The molecule has 30 heavy (non-hydrogen) atoms. The van der Waals surface area contributed by atoms with E-state index < -0.39 is 0 Å². The first kappa shape index (κ1) is 23.6. The van der Waals surface area contributed by atoms with E-state index in [1.165, 1.54) is 18.3 Å². The molecule has 2 aromatic rings. The molecule has 0 atom stereocenters. The maximum atomic E-state index is 12.8. The Balaban J connectivity index is 2.30. The van der Waals surface area contributed by atoms with Crippen molar-refractivity contribution in [2.24, 2.45) is 7.05 Å². The monoisotopic (exact) mass is 413 g/mol. The number of allylic oxidation sites excluding steroid dienone is 3. The van der Waals surface area contributed by atoms with Crippen molar-refractivity contribution < 1.29 is 14.2 Å². The van der Waals surface area contributed by atoms with E-state index in [1.54, 1.807) is 11.6 Å². The Morgan fingerprint density at radius 1 is 1.10 bits per heavy atom. The second-order valence-corrected chi connectivity index (χ2v) is 7.79. The molecule has 0 amide bonds. The van der Waals surface area contributed by atoms with Crippen molar-refractivity contribution in [3.05, 3.63) is 51.9 Å². The van der Waals surface area contributed by atoms with Crippen LogP contribution < -0.4 is 19.8 Å². The summed E-state index contributed by atoms with van der Waals surface area (Å²) in [5, 5.41) is 0.826. The van der Waals surface area contributed by atoms with Crippen LogP contribution in [0.15, 0.2) is 46.3 Å². The summed E-state index contributed by atoms with van der Waals surface area (Å²) in [5.41, 5.74) is 3.11. The third kappa shape index (κ3) is 6.15. The number of aromatic nitrogens is 1. The fraction of sp³-hybridized carbons (Fsp3) is 0.480. The molecule has 0 saturated heterocycles. The maximum Gasteiger partial charge on any atom is 0.297 e. The van der Waals surface area contributed by atoms with Gasteiger partial charge in [0.1, 0.15) is 12.4 Å². The fourth-order valence-corrected chi connectivity index (χ4v) is 3.17. The molecule has 1 aromatic carbocycles. The predicted octanol–water partition coefficient (Wildman–Crippen LogP) is 5.80. The Kier molecular flexibility index (Phi) is 9.03. The van der Waals surface area contributed by atoms with E-state index in [-0.39, 0.29) is 11.3 Å². The predicted molar refractivity (Wildman–Crippen MR) is 124 cm³/mol. The lowest BCUT2D eigenvalue weighted by Crippen LogP contribution is -2.20. The molecule has 0 aliphatic carbocycles. The van der Waals surface area contributed by atoms with Gasteiger partial charge in [-0.3, -0.25) is 4.79 Å². The van der Waals surface area contributed by atoms with Crippen LogP contribution in [0.5, 0.6) is 17.2 Å². The molecule has 0 spiro atoms. The van der Waals surface area contributed by atoms with Crippen molar-refractivity contribution in [2.45, 2.75) is 53.4 Å². The second-order valence-electron chi connectivity index (χ2n) is 7.79. The highest BCUT2D eigenvalue weighted by Crippen LogP contribution is 2.34. The third-order valence-corrected chi connectivity index (χ3v) is 5.00. The number of nitrogens with zero attached hydrogens (tertiary/aromatic N) is 1. The standard InChI is InChI=1S/C25H35NO4/c1-7-8-15-29-20-12-13-21-22(17-20)26(5)25(27)24(28-6)23(21)30-16-14-19(4)11-9-10-18(2)3/h10,12-14,17H,7-9,11,15-16H2,1-6H3/b19-14+. The van der Waals surface area contributed by atoms with Gasteiger partial charge in [0.05, 0.1) is 19.2 Å². The van der Waals surface area contributed by atoms with Crippen LogP contribution in [-0.4, -0.2) is 24.9 Å². The second kappa shape index (κ2) is 11.5. The van der Waals surface area contributed by atoms with Crippen LogP contribution in [0, 0.1) is 0 Å². The van der Waals surface area contributed by atoms with Gasteiger partial charge in [0.15, 0.2) is 5.75 Å². The molecule has 0 radical (unpaired) electrons. The van der Waals surface area contributed by atoms with Crippen molar-refractivity contribution in [1.82, 2.24) is 4.57 Å². The minimum Gasteiger partial charge on any atom is -0.494 e. The number of ether oxygens (including phenoxy) is 3. The van der Waals surface area contributed by atoms with Crippen molar-refractivity contribution in [2.75, 3.05) is 20.3 Å². The molecular weight excluding hydrogens is 378 g/mol. The largest absolute Gasteiger partial charge is 0.494 e. The number of aryl methyl sites for hydroxylation is 1. The minimum absolute atomic E-state index is 0.222. The zero-order valence-corrected chi connectivity index (χ0v) is 19.2. The highest BCUT2D eigenvalue weighted by Gasteiger charge is 2.18. The number of hydrogen-bond donors (Lipinski definition) is 0. The topological polar surface area (TPSA) is 49.7 Å². The van der Waals surface area contributed by atoms with Crippen LogP contribution in [0.4, 0.5) is 0 Å². The smallest absolute Gasteiger partial charge is 0.297 e. The maximum absolute atomic E-state index is 12.8. The molecule has 0 aliphatic rings. The van der Waals surface area contributed by atoms with Crippen LogP contribution in [0.3, 0.4) is 0 Å². The summed E-state index contributed by atoms with van der Waals surface area (Å²) in [6.45, 7) is 9.48. The van der Waals surface area contributed by atoms with E-state index in [0.717, 1.165) is 42.3 Å². The van der Waals surface area contributed by atoms with Gasteiger partial charge in [0.25, 0.3) is 5.56 Å². The zero-order chi connectivity index (χ0) is 22.1. The van der Waals surface area contributed by atoms with Crippen LogP contribution in [0.1, 0.15) is 53.4 Å². The quantitative estimate of drug-likeness (QED) is 0.345. The Morgan fingerprint density at radius 2 is 1.87 bits per heavy atom. The Hall–Kier alpha value is -2.69. The number of benzene rings is 1. The molecule has 2 rings (SSSR count). The van der Waals surface area contributed by atoms with Gasteiger partial charge in [0.2, 0.25) is 5.75 Å². The summed E-state index contributed by atoms with van der Waals surface area (Å²) in [6.07, 6.45) is 8.36. The fourth-order valence-electron chi connectivity index (χ4n) is 3.17. The van der Waals surface area contributed by atoms with Crippen molar-refractivity contribution in [3.63, 3.8) is 0 Å². The highest BCUT2D eigenvalue weighted by atomic mass is 16.5. The molecule has 1 heterocycles. The SMILES string of the molecule is CCCCOc1ccc2c(OC/C=C(\C)CCC=C(C)C)c(OC)c(=O)n(C)c2c1. The van der Waals surface area contributed by atoms with E-state index in [1.807, 2.05) is 18.2 Å². The molecule has 0 saturated carbocycles. The van der Waals surface area contributed by atoms with Crippen molar-refractivity contribution in [3.8, 4) is 17.2 Å². The zero-order valence-electron chi connectivity index (χ0n) is 19.2. The van der Waals surface area contributed by atoms with Gasteiger partial charge in [0, 0.05) is 18.5 Å². The molecule has 0 fully saturated rings. The van der Waals surface area contributed by atoms with E-state index in [0.29, 0.717) is 19.0 Å². The lowest BCUT2D eigenvalue weighted by molar-refractivity contribution is 0.309. The molecule has 0 aliphatic heterocycles. The number of pyridine rings is 1. The number of rotatable bonds is 11. The van der Waals surface area contributed by atoms with Gasteiger partial charge in [-0.2, -0.15) is 0 Å². The first-order valence-corrected chi connectivity index (χ1v) is 10.6. The molecule has 0 unspecified atom stereocenters. The van der Waals surface area contributed by atoms with Crippen LogP contribution in [0.25, 0.3) is 10.9 Å². The molecule has 164 valence electrons. The van der Waals surface area contributed by atoms with Gasteiger partial charge in [-0.25, -0.2) is 0 Å². The first-order valence-electron chi connectivity index (χ1n) is 10.6. The van der Waals surface area contributed by atoms with E-state index in [4.69, 9.17) is 14.2 Å². The summed E-state index contributed by atoms with van der Waals surface area (Å²) < 4.78 is 18.8. The Bertz CT molecular complexity index is 965. The van der Waals surface area contributed by atoms with E-state index in [9.17, 15) is 4.79 Å². The van der Waals surface area contributed by atoms with Gasteiger partial charge in [-0.05, 0) is 58.2 Å². The van der Waals surface area contributed by atoms with E-state index in [2.05, 4.69) is 39.8 Å². The van der Waals surface area contributed by atoms with Crippen LogP contribution >= 0.6 is 0 Å². The van der Waals surface area contributed by atoms with Gasteiger partial charge in [-0.15, -0.1) is 0 Å². The van der Waals surface area contributed by atoms with Crippen molar-refractivity contribution >= 4 is 10.9 Å². The van der Waals surface area contributed by atoms with E-state index >= 15 is 0 Å². The van der Waals surface area contributed by atoms with Gasteiger partial charge in [-0.1, -0.05) is 30.6 Å². The number of methoxy groups -OCH3 is 1. The summed E-state index contributed by atoms with van der Waals surface area (Å²) in [6, 6.07) is 5.73. The Morgan fingerprint density at radius 3 is 2.53 bits per heavy atom. The number of hydrogen-bond acceptors (Lipinski definition) is 4. The normalized spacial score (nSPS) is 11.5. The average molecular weight is 414 g/mol. The molecule has 5 nitrogen and oxygen atoms in total. The lowest BCUT2D eigenvalue weighted by Gasteiger charge is -2.16. The Labute approximate surface area is 180 Å². The molecule has 5 heteroatoms. The summed E-state index contributed by atoms with van der Waals surface area (Å²) in [5.74, 6) is 1.45.